The quantitative estimate of drug-likeness (QED) is 0.867. The van der Waals surface area contributed by atoms with E-state index in [0.717, 1.165) is 6.20 Å². The van der Waals surface area contributed by atoms with E-state index in [2.05, 4.69) is 25.7 Å². The standard InChI is InChI=1S/C9H9BrF3NO3/c1-16-7-3-14-8(17-9(11,12)13)5(2-10)6(7)4-15/h3,15H,2,4H2,1H3. The molecule has 0 atom stereocenters. The molecule has 1 rings (SSSR count). The predicted molar refractivity (Wildman–Crippen MR) is 56.0 cm³/mol. The smallest absolute Gasteiger partial charge is 0.495 e. The van der Waals surface area contributed by atoms with Gasteiger partial charge in [-0.3, -0.25) is 0 Å². The van der Waals surface area contributed by atoms with Crippen molar-refractivity contribution in [3.05, 3.63) is 17.3 Å². The van der Waals surface area contributed by atoms with Crippen LogP contribution in [0, 0.1) is 0 Å². The maximum Gasteiger partial charge on any atom is 0.574 e. The molecule has 0 aliphatic carbocycles. The third kappa shape index (κ3) is 3.47. The summed E-state index contributed by atoms with van der Waals surface area (Å²) in [5.74, 6) is -0.393. The third-order valence-electron chi connectivity index (χ3n) is 1.94. The zero-order valence-corrected chi connectivity index (χ0v) is 10.3. The molecule has 0 spiro atoms. The highest BCUT2D eigenvalue weighted by molar-refractivity contribution is 9.08. The Balaban J connectivity index is 3.23. The van der Waals surface area contributed by atoms with Crippen molar-refractivity contribution in [2.45, 2.75) is 18.3 Å². The van der Waals surface area contributed by atoms with Crippen molar-refractivity contribution < 1.29 is 27.8 Å². The van der Waals surface area contributed by atoms with Crippen LogP contribution in [0.2, 0.25) is 0 Å². The van der Waals surface area contributed by atoms with Crippen molar-refractivity contribution in [3.8, 4) is 11.6 Å². The Bertz CT molecular complexity index is 398. The lowest BCUT2D eigenvalue weighted by molar-refractivity contribution is -0.276. The van der Waals surface area contributed by atoms with Crippen molar-refractivity contribution in [3.63, 3.8) is 0 Å². The van der Waals surface area contributed by atoms with E-state index in [1.165, 1.54) is 7.11 Å². The first kappa shape index (κ1) is 14.0. The zero-order valence-electron chi connectivity index (χ0n) is 8.71. The lowest BCUT2D eigenvalue weighted by atomic mass is 10.1. The molecule has 0 unspecified atom stereocenters. The Morgan fingerprint density at radius 1 is 1.41 bits per heavy atom. The van der Waals surface area contributed by atoms with Gasteiger partial charge >= 0.3 is 6.36 Å². The number of methoxy groups -OCH3 is 1. The first-order chi connectivity index (χ1) is 7.92. The van der Waals surface area contributed by atoms with Crippen molar-refractivity contribution in [1.29, 1.82) is 0 Å². The molecule has 0 radical (unpaired) electrons. The molecule has 1 heterocycles. The average Bonchev–Trinajstić information content (AvgIpc) is 2.26. The van der Waals surface area contributed by atoms with Gasteiger partial charge in [-0.25, -0.2) is 4.98 Å². The maximum atomic E-state index is 12.1. The minimum Gasteiger partial charge on any atom is -0.495 e. The lowest BCUT2D eigenvalue weighted by Gasteiger charge is -2.15. The Morgan fingerprint density at radius 2 is 2.06 bits per heavy atom. The van der Waals surface area contributed by atoms with Gasteiger partial charge in [0.05, 0.1) is 19.9 Å². The Morgan fingerprint density at radius 3 is 2.47 bits per heavy atom. The van der Waals surface area contributed by atoms with Crippen LogP contribution in [0.3, 0.4) is 0 Å². The van der Waals surface area contributed by atoms with E-state index < -0.39 is 18.8 Å². The summed E-state index contributed by atoms with van der Waals surface area (Å²) in [6.07, 6.45) is -3.76. The van der Waals surface area contributed by atoms with Crippen LogP contribution in [-0.4, -0.2) is 23.6 Å². The van der Waals surface area contributed by atoms with E-state index in [0.29, 0.717) is 0 Å². The van der Waals surface area contributed by atoms with Crippen molar-refractivity contribution >= 4 is 15.9 Å². The van der Waals surface area contributed by atoms with Gasteiger partial charge in [-0.1, -0.05) is 15.9 Å². The normalized spacial score (nSPS) is 11.4. The van der Waals surface area contributed by atoms with Gasteiger partial charge in [0.15, 0.2) is 0 Å². The number of rotatable bonds is 4. The molecule has 1 aromatic heterocycles. The maximum absolute atomic E-state index is 12.1. The van der Waals surface area contributed by atoms with Gasteiger partial charge in [-0.2, -0.15) is 0 Å². The number of nitrogens with zero attached hydrogens (tertiary/aromatic N) is 1. The summed E-state index contributed by atoms with van der Waals surface area (Å²) in [6, 6.07) is 0. The van der Waals surface area contributed by atoms with E-state index >= 15 is 0 Å². The highest BCUT2D eigenvalue weighted by atomic mass is 79.9. The van der Waals surface area contributed by atoms with Crippen LogP contribution in [0.4, 0.5) is 13.2 Å². The molecule has 0 bridgehead atoms. The third-order valence-corrected chi connectivity index (χ3v) is 2.50. The molecule has 96 valence electrons. The molecule has 17 heavy (non-hydrogen) atoms. The average molecular weight is 316 g/mol. The Kier molecular flexibility index (Phi) is 4.58. The van der Waals surface area contributed by atoms with Gasteiger partial charge in [-0.05, 0) is 0 Å². The lowest BCUT2D eigenvalue weighted by Crippen LogP contribution is -2.19. The Labute approximate surface area is 103 Å². The first-order valence-electron chi connectivity index (χ1n) is 4.40. The fourth-order valence-corrected chi connectivity index (χ4v) is 1.81. The van der Waals surface area contributed by atoms with Crippen LogP contribution in [0.25, 0.3) is 0 Å². The number of aromatic nitrogens is 1. The second kappa shape index (κ2) is 5.54. The zero-order chi connectivity index (χ0) is 13.1. The van der Waals surface area contributed by atoms with Crippen molar-refractivity contribution in [2.24, 2.45) is 0 Å². The monoisotopic (exact) mass is 315 g/mol. The van der Waals surface area contributed by atoms with Crippen LogP contribution in [0.15, 0.2) is 6.20 Å². The molecule has 4 nitrogen and oxygen atoms in total. The van der Waals surface area contributed by atoms with Gasteiger partial charge < -0.3 is 14.6 Å². The molecule has 8 heteroatoms. The number of aliphatic hydroxyl groups is 1. The van der Waals surface area contributed by atoms with E-state index in [1.54, 1.807) is 0 Å². The molecular formula is C9H9BrF3NO3. The molecule has 0 aliphatic rings. The van der Waals surface area contributed by atoms with E-state index in [-0.39, 0.29) is 22.2 Å². The van der Waals surface area contributed by atoms with E-state index in [4.69, 9.17) is 9.84 Å². The van der Waals surface area contributed by atoms with Crippen molar-refractivity contribution in [2.75, 3.05) is 7.11 Å². The van der Waals surface area contributed by atoms with Gasteiger partial charge in [0.1, 0.15) is 5.75 Å². The molecule has 0 saturated heterocycles. The number of pyridine rings is 1. The van der Waals surface area contributed by atoms with Gasteiger partial charge in [0.25, 0.3) is 0 Å². The molecule has 1 aromatic rings. The fraction of sp³-hybridized carbons (Fsp3) is 0.444. The summed E-state index contributed by atoms with van der Waals surface area (Å²) in [7, 11) is 1.33. The number of aliphatic hydroxyl groups excluding tert-OH is 1. The van der Waals surface area contributed by atoms with Crippen LogP contribution < -0.4 is 9.47 Å². The number of halogens is 4. The second-order valence-electron chi connectivity index (χ2n) is 2.93. The molecule has 0 amide bonds. The minimum absolute atomic E-state index is 0.0541. The molecule has 0 aromatic carbocycles. The molecular weight excluding hydrogens is 307 g/mol. The van der Waals surface area contributed by atoms with E-state index in [1.807, 2.05) is 0 Å². The van der Waals surface area contributed by atoms with Crippen LogP contribution in [-0.2, 0) is 11.9 Å². The first-order valence-corrected chi connectivity index (χ1v) is 5.52. The highest BCUT2D eigenvalue weighted by Gasteiger charge is 2.33. The number of alkyl halides is 4. The molecule has 0 saturated carbocycles. The fourth-order valence-electron chi connectivity index (χ4n) is 1.24. The van der Waals surface area contributed by atoms with Crippen molar-refractivity contribution in [1.82, 2.24) is 4.98 Å². The Hall–Kier alpha value is -1.02. The molecule has 0 aliphatic heterocycles. The number of hydrogen-bond acceptors (Lipinski definition) is 4. The summed E-state index contributed by atoms with van der Waals surface area (Å²) in [5, 5.41) is 9.17. The van der Waals surface area contributed by atoms with Crippen LogP contribution in [0.1, 0.15) is 11.1 Å². The molecule has 1 N–H and O–H groups in total. The second-order valence-corrected chi connectivity index (χ2v) is 3.49. The number of hydrogen-bond donors (Lipinski definition) is 1. The number of ether oxygens (including phenoxy) is 2. The summed E-state index contributed by atoms with van der Waals surface area (Å²) in [6.45, 7) is -0.471. The summed E-state index contributed by atoms with van der Waals surface area (Å²) >= 11 is 3.02. The van der Waals surface area contributed by atoms with Gasteiger partial charge in [0.2, 0.25) is 5.88 Å². The largest absolute Gasteiger partial charge is 0.574 e. The predicted octanol–water partition coefficient (Wildman–Crippen LogP) is 2.38. The van der Waals surface area contributed by atoms with Gasteiger partial charge in [-0.15, -0.1) is 13.2 Å². The SMILES string of the molecule is COc1cnc(OC(F)(F)F)c(CBr)c1CO. The highest BCUT2D eigenvalue weighted by Crippen LogP contribution is 2.32. The summed E-state index contributed by atoms with van der Waals surface area (Å²) in [5.41, 5.74) is 0.308. The molecule has 0 fully saturated rings. The topological polar surface area (TPSA) is 51.6 Å². The van der Waals surface area contributed by atoms with E-state index in [9.17, 15) is 13.2 Å². The van der Waals surface area contributed by atoms with Gasteiger partial charge in [0, 0.05) is 16.5 Å². The minimum atomic E-state index is -4.83. The summed E-state index contributed by atoms with van der Waals surface area (Å²) in [4.78, 5) is 3.51. The van der Waals surface area contributed by atoms with Crippen LogP contribution >= 0.6 is 15.9 Å². The van der Waals surface area contributed by atoms with Crippen LogP contribution in [0.5, 0.6) is 11.6 Å². The summed E-state index contributed by atoms with van der Waals surface area (Å²) < 4.78 is 45.0.